The summed E-state index contributed by atoms with van der Waals surface area (Å²) in [5.74, 6) is 0.206. The van der Waals surface area contributed by atoms with Crippen LogP contribution in [0.4, 0.5) is 13.2 Å². The van der Waals surface area contributed by atoms with E-state index in [0.29, 0.717) is 6.42 Å². The zero-order valence-electron chi connectivity index (χ0n) is 12.3. The third kappa shape index (κ3) is 4.59. The summed E-state index contributed by atoms with van der Waals surface area (Å²) in [6.07, 6.45) is 0.0725. The van der Waals surface area contributed by atoms with Crippen LogP contribution in [-0.4, -0.2) is 30.4 Å². The Bertz CT molecular complexity index is 547. The maximum absolute atomic E-state index is 12.5. The van der Waals surface area contributed by atoms with Crippen molar-refractivity contribution in [1.29, 1.82) is 5.41 Å². The summed E-state index contributed by atoms with van der Waals surface area (Å²) in [7, 11) is 0. The third-order valence-corrected chi connectivity index (χ3v) is 3.80. The molecule has 0 aliphatic carbocycles. The van der Waals surface area contributed by atoms with Gasteiger partial charge in [-0.25, -0.2) is 0 Å². The molecule has 0 fully saturated rings. The van der Waals surface area contributed by atoms with E-state index in [-0.39, 0.29) is 5.84 Å². The number of hydrogen-bond donors (Lipinski definition) is 2. The second-order valence-corrected chi connectivity index (χ2v) is 5.48. The van der Waals surface area contributed by atoms with Gasteiger partial charge in [-0.2, -0.15) is 13.2 Å². The molecule has 0 unspecified atom stereocenters. The normalized spacial score (nSPS) is 16.4. The lowest BCUT2D eigenvalue weighted by Crippen LogP contribution is -2.30. The van der Waals surface area contributed by atoms with Crippen molar-refractivity contribution < 1.29 is 13.2 Å². The van der Waals surface area contributed by atoms with E-state index in [1.807, 2.05) is 0 Å². The SMILES string of the molecule is N=C(N)CCCN1CC=C(c2ccc(C(F)(F)F)cc2)CC1. The highest BCUT2D eigenvalue weighted by atomic mass is 19.4. The average molecular weight is 311 g/mol. The Hall–Kier alpha value is -1.82. The summed E-state index contributed by atoms with van der Waals surface area (Å²) in [6.45, 7) is 2.55. The predicted octanol–water partition coefficient (Wildman–Crippen LogP) is 3.51. The Morgan fingerprint density at radius 2 is 1.91 bits per heavy atom. The highest BCUT2D eigenvalue weighted by Crippen LogP contribution is 2.31. The molecule has 1 aliphatic rings. The molecule has 1 aromatic carbocycles. The van der Waals surface area contributed by atoms with Crippen LogP contribution in [0.5, 0.6) is 0 Å². The summed E-state index contributed by atoms with van der Waals surface area (Å²) in [5.41, 5.74) is 6.66. The molecular weight excluding hydrogens is 291 g/mol. The molecule has 0 atom stereocenters. The largest absolute Gasteiger partial charge is 0.416 e. The number of hydrogen-bond acceptors (Lipinski definition) is 2. The lowest BCUT2D eigenvalue weighted by Gasteiger charge is -2.26. The van der Waals surface area contributed by atoms with Crippen LogP contribution in [0.25, 0.3) is 5.57 Å². The van der Waals surface area contributed by atoms with Gasteiger partial charge in [0.25, 0.3) is 0 Å². The second-order valence-electron chi connectivity index (χ2n) is 5.48. The quantitative estimate of drug-likeness (QED) is 0.646. The van der Waals surface area contributed by atoms with E-state index in [1.54, 1.807) is 12.1 Å². The molecule has 0 aromatic heterocycles. The number of rotatable bonds is 5. The highest BCUT2D eigenvalue weighted by Gasteiger charge is 2.30. The first kappa shape index (κ1) is 16.5. The molecule has 0 bridgehead atoms. The molecule has 3 nitrogen and oxygen atoms in total. The minimum atomic E-state index is -4.28. The van der Waals surface area contributed by atoms with Gasteiger partial charge in [-0.05, 0) is 42.7 Å². The Morgan fingerprint density at radius 1 is 1.23 bits per heavy atom. The number of halogens is 3. The molecule has 0 saturated carbocycles. The molecule has 120 valence electrons. The summed E-state index contributed by atoms with van der Waals surface area (Å²) in [5, 5.41) is 7.18. The van der Waals surface area contributed by atoms with E-state index < -0.39 is 11.7 Å². The molecule has 0 amide bonds. The number of amidine groups is 1. The molecule has 3 N–H and O–H groups in total. The van der Waals surface area contributed by atoms with Crippen molar-refractivity contribution in [2.24, 2.45) is 5.73 Å². The van der Waals surface area contributed by atoms with Crippen molar-refractivity contribution in [2.45, 2.75) is 25.4 Å². The minimum Gasteiger partial charge on any atom is -0.388 e. The van der Waals surface area contributed by atoms with Gasteiger partial charge < -0.3 is 5.73 Å². The number of alkyl halides is 3. The summed E-state index contributed by atoms with van der Waals surface area (Å²) >= 11 is 0. The van der Waals surface area contributed by atoms with Gasteiger partial charge in [0.15, 0.2) is 0 Å². The van der Waals surface area contributed by atoms with Crippen LogP contribution in [0, 0.1) is 5.41 Å². The van der Waals surface area contributed by atoms with E-state index in [2.05, 4.69) is 11.0 Å². The second kappa shape index (κ2) is 6.96. The van der Waals surface area contributed by atoms with E-state index in [0.717, 1.165) is 55.7 Å². The average Bonchev–Trinajstić information content (AvgIpc) is 2.47. The summed E-state index contributed by atoms with van der Waals surface area (Å²) < 4.78 is 37.6. The maximum atomic E-state index is 12.5. The third-order valence-electron chi connectivity index (χ3n) is 3.80. The van der Waals surface area contributed by atoms with Crippen LogP contribution in [0.15, 0.2) is 30.3 Å². The van der Waals surface area contributed by atoms with Crippen LogP contribution in [0.1, 0.15) is 30.4 Å². The molecule has 1 aromatic rings. The molecular formula is C16H20F3N3. The Morgan fingerprint density at radius 3 is 2.41 bits per heavy atom. The van der Waals surface area contributed by atoms with Crippen molar-refractivity contribution in [3.8, 4) is 0 Å². The van der Waals surface area contributed by atoms with Crippen molar-refractivity contribution in [1.82, 2.24) is 4.90 Å². The van der Waals surface area contributed by atoms with Gasteiger partial charge in [0, 0.05) is 19.5 Å². The van der Waals surface area contributed by atoms with Gasteiger partial charge in [0.05, 0.1) is 11.4 Å². The van der Waals surface area contributed by atoms with Gasteiger partial charge >= 0.3 is 6.18 Å². The number of nitrogens with one attached hydrogen (secondary N) is 1. The monoisotopic (exact) mass is 311 g/mol. The Balaban J connectivity index is 1.92. The van der Waals surface area contributed by atoms with Crippen molar-refractivity contribution in [3.05, 3.63) is 41.5 Å². The van der Waals surface area contributed by atoms with Crippen molar-refractivity contribution in [2.75, 3.05) is 19.6 Å². The minimum absolute atomic E-state index is 0.206. The van der Waals surface area contributed by atoms with Crippen LogP contribution in [-0.2, 0) is 6.18 Å². The van der Waals surface area contributed by atoms with Crippen LogP contribution >= 0.6 is 0 Å². The Labute approximate surface area is 128 Å². The van der Waals surface area contributed by atoms with Crippen LogP contribution < -0.4 is 5.73 Å². The number of benzene rings is 1. The number of nitrogens with two attached hydrogens (primary N) is 1. The molecule has 0 saturated heterocycles. The summed E-state index contributed by atoms with van der Waals surface area (Å²) in [6, 6.07) is 5.35. The van der Waals surface area contributed by atoms with Gasteiger partial charge in [-0.1, -0.05) is 18.2 Å². The zero-order valence-corrected chi connectivity index (χ0v) is 12.3. The van der Waals surface area contributed by atoms with Crippen molar-refractivity contribution in [3.63, 3.8) is 0 Å². The van der Waals surface area contributed by atoms with E-state index in [9.17, 15) is 13.2 Å². The van der Waals surface area contributed by atoms with Gasteiger partial charge in [0.1, 0.15) is 0 Å². The fourth-order valence-corrected chi connectivity index (χ4v) is 2.54. The zero-order chi connectivity index (χ0) is 16.2. The Kier molecular flexibility index (Phi) is 5.24. The molecule has 0 radical (unpaired) electrons. The van der Waals surface area contributed by atoms with Gasteiger partial charge in [-0.3, -0.25) is 10.3 Å². The summed E-state index contributed by atoms with van der Waals surface area (Å²) in [4.78, 5) is 2.26. The smallest absolute Gasteiger partial charge is 0.388 e. The topological polar surface area (TPSA) is 53.1 Å². The fraction of sp³-hybridized carbons (Fsp3) is 0.438. The molecule has 0 spiro atoms. The molecule has 1 aliphatic heterocycles. The number of nitrogens with zero attached hydrogens (tertiary/aromatic N) is 1. The first-order valence-electron chi connectivity index (χ1n) is 7.28. The molecule has 22 heavy (non-hydrogen) atoms. The lowest BCUT2D eigenvalue weighted by molar-refractivity contribution is -0.137. The molecule has 1 heterocycles. The van der Waals surface area contributed by atoms with E-state index >= 15 is 0 Å². The molecule has 6 heteroatoms. The first-order chi connectivity index (χ1) is 10.4. The molecule has 2 rings (SSSR count). The highest BCUT2D eigenvalue weighted by molar-refractivity contribution is 5.76. The lowest BCUT2D eigenvalue weighted by atomic mass is 9.98. The fourth-order valence-electron chi connectivity index (χ4n) is 2.54. The maximum Gasteiger partial charge on any atom is 0.416 e. The van der Waals surface area contributed by atoms with Crippen molar-refractivity contribution >= 4 is 11.4 Å². The van der Waals surface area contributed by atoms with Crippen LogP contribution in [0.2, 0.25) is 0 Å². The van der Waals surface area contributed by atoms with Gasteiger partial charge in [-0.15, -0.1) is 0 Å². The van der Waals surface area contributed by atoms with E-state index in [1.165, 1.54) is 0 Å². The first-order valence-corrected chi connectivity index (χ1v) is 7.28. The standard InChI is InChI=1S/C16H20F3N3/c17-16(18,19)14-5-3-12(4-6-14)13-7-10-22(11-8-13)9-1-2-15(20)21/h3-7H,1-2,8-11H2,(H3,20,21). The predicted molar refractivity (Wildman–Crippen MR) is 81.6 cm³/mol. The van der Waals surface area contributed by atoms with E-state index in [4.69, 9.17) is 11.1 Å². The van der Waals surface area contributed by atoms with Gasteiger partial charge in [0.2, 0.25) is 0 Å². The van der Waals surface area contributed by atoms with Crippen LogP contribution in [0.3, 0.4) is 0 Å².